The molecule has 3 aromatic heterocycles. The molecule has 26 heavy (non-hydrogen) atoms. The minimum Gasteiger partial charge on any atom is -0.507 e. The lowest BCUT2D eigenvalue weighted by Gasteiger charge is -2.16. The van der Waals surface area contributed by atoms with Gasteiger partial charge < -0.3 is 9.52 Å². The Morgan fingerprint density at radius 3 is 2.54 bits per heavy atom. The summed E-state index contributed by atoms with van der Waals surface area (Å²) in [5.74, 6) is 0.566. The maximum absolute atomic E-state index is 12.7. The standard InChI is InChI=1S/C21H22O3S2/c1-2-16(18-6-4-10-26-18)19-17(22)11-14(24-20(19)23)12-21(7-8-21)13-15-5-3-9-25-15/h3-6,9-11,16,22H,2,7-8,12-13H2,1H3. The van der Waals surface area contributed by atoms with Gasteiger partial charge in [-0.3, -0.25) is 0 Å². The molecule has 1 saturated carbocycles. The van der Waals surface area contributed by atoms with Crippen molar-refractivity contribution < 1.29 is 9.52 Å². The second-order valence-corrected chi connectivity index (χ2v) is 9.22. The zero-order valence-corrected chi connectivity index (χ0v) is 16.4. The third-order valence-electron chi connectivity index (χ3n) is 5.30. The predicted octanol–water partition coefficient (Wildman–Crippen LogP) is 5.58. The Morgan fingerprint density at radius 1 is 1.19 bits per heavy atom. The first kappa shape index (κ1) is 17.6. The maximum Gasteiger partial charge on any atom is 0.343 e. The second-order valence-electron chi connectivity index (χ2n) is 7.21. The van der Waals surface area contributed by atoms with E-state index in [2.05, 4.69) is 17.5 Å². The highest BCUT2D eigenvalue weighted by atomic mass is 32.1. The van der Waals surface area contributed by atoms with Crippen molar-refractivity contribution in [3.8, 4) is 5.75 Å². The largest absolute Gasteiger partial charge is 0.507 e. The van der Waals surface area contributed by atoms with Gasteiger partial charge in [-0.25, -0.2) is 4.79 Å². The van der Waals surface area contributed by atoms with Crippen molar-refractivity contribution in [2.24, 2.45) is 5.41 Å². The van der Waals surface area contributed by atoms with E-state index in [1.54, 1.807) is 28.7 Å². The molecule has 1 aliphatic rings. The molecule has 0 aliphatic heterocycles. The van der Waals surface area contributed by atoms with Crippen molar-refractivity contribution in [3.63, 3.8) is 0 Å². The zero-order valence-electron chi connectivity index (χ0n) is 14.7. The van der Waals surface area contributed by atoms with Crippen LogP contribution in [0.4, 0.5) is 0 Å². The summed E-state index contributed by atoms with van der Waals surface area (Å²) >= 11 is 3.38. The smallest absolute Gasteiger partial charge is 0.343 e. The van der Waals surface area contributed by atoms with Gasteiger partial charge in [0, 0.05) is 28.2 Å². The molecule has 1 atom stereocenters. The number of rotatable bonds is 7. The van der Waals surface area contributed by atoms with Crippen molar-refractivity contribution >= 4 is 22.7 Å². The summed E-state index contributed by atoms with van der Waals surface area (Å²) in [6.07, 6.45) is 4.77. The lowest BCUT2D eigenvalue weighted by atomic mass is 9.93. The van der Waals surface area contributed by atoms with E-state index >= 15 is 0 Å². The van der Waals surface area contributed by atoms with Gasteiger partial charge in [-0.2, -0.15) is 0 Å². The minimum absolute atomic E-state index is 0.0726. The van der Waals surface area contributed by atoms with E-state index in [-0.39, 0.29) is 17.1 Å². The summed E-state index contributed by atoms with van der Waals surface area (Å²) < 4.78 is 5.66. The molecule has 1 N–H and O–H groups in total. The van der Waals surface area contributed by atoms with Gasteiger partial charge >= 0.3 is 5.63 Å². The van der Waals surface area contributed by atoms with E-state index in [0.29, 0.717) is 17.7 Å². The number of hydrogen-bond donors (Lipinski definition) is 1. The summed E-state index contributed by atoms with van der Waals surface area (Å²) in [4.78, 5) is 15.1. The lowest BCUT2D eigenvalue weighted by molar-refractivity contribution is 0.374. The van der Waals surface area contributed by atoms with Gasteiger partial charge in [-0.1, -0.05) is 19.1 Å². The van der Waals surface area contributed by atoms with Crippen molar-refractivity contribution in [2.75, 3.05) is 0 Å². The number of aromatic hydroxyl groups is 1. The molecule has 3 heterocycles. The molecule has 0 radical (unpaired) electrons. The summed E-state index contributed by atoms with van der Waals surface area (Å²) in [5, 5.41) is 14.7. The molecule has 5 heteroatoms. The van der Waals surface area contributed by atoms with Crippen LogP contribution in [0.2, 0.25) is 0 Å². The highest BCUT2D eigenvalue weighted by Gasteiger charge is 2.43. The van der Waals surface area contributed by atoms with E-state index in [4.69, 9.17) is 4.42 Å². The van der Waals surface area contributed by atoms with Crippen LogP contribution in [0.15, 0.2) is 50.3 Å². The van der Waals surface area contributed by atoms with Gasteiger partial charge in [0.25, 0.3) is 0 Å². The third kappa shape index (κ3) is 3.51. The predicted molar refractivity (Wildman–Crippen MR) is 106 cm³/mol. The molecule has 0 bridgehead atoms. The van der Waals surface area contributed by atoms with E-state index in [0.717, 1.165) is 30.6 Å². The molecule has 3 nitrogen and oxygen atoms in total. The summed E-state index contributed by atoms with van der Waals surface area (Å²) in [6.45, 7) is 2.03. The van der Waals surface area contributed by atoms with Crippen LogP contribution in [-0.2, 0) is 12.8 Å². The van der Waals surface area contributed by atoms with Crippen LogP contribution in [0, 0.1) is 5.41 Å². The van der Waals surface area contributed by atoms with Gasteiger partial charge in [0.05, 0.1) is 5.56 Å². The van der Waals surface area contributed by atoms with Crippen molar-refractivity contribution in [1.82, 2.24) is 0 Å². The van der Waals surface area contributed by atoms with Crippen LogP contribution in [0.1, 0.15) is 53.2 Å². The Balaban J connectivity index is 1.59. The summed E-state index contributed by atoms with van der Waals surface area (Å²) in [6, 6.07) is 9.88. The Bertz CT molecular complexity index is 919. The SMILES string of the molecule is CCC(c1cccs1)c1c(O)cc(CC2(Cc3cccs3)CC2)oc1=O. The normalized spacial score (nSPS) is 16.5. The first-order valence-corrected chi connectivity index (χ1v) is 10.8. The second kappa shape index (κ2) is 7.05. The van der Waals surface area contributed by atoms with Crippen LogP contribution < -0.4 is 5.63 Å². The molecule has 1 aliphatic carbocycles. The molecular formula is C21H22O3S2. The summed E-state index contributed by atoms with van der Waals surface area (Å²) in [7, 11) is 0. The molecule has 0 amide bonds. The Hall–Kier alpha value is -1.85. The number of thiophene rings is 2. The fourth-order valence-electron chi connectivity index (χ4n) is 3.73. The molecule has 3 aromatic rings. The van der Waals surface area contributed by atoms with Crippen LogP contribution in [0.25, 0.3) is 0 Å². The molecule has 0 aromatic carbocycles. The topological polar surface area (TPSA) is 50.4 Å². The lowest BCUT2D eigenvalue weighted by Crippen LogP contribution is -2.16. The molecule has 4 rings (SSSR count). The molecule has 136 valence electrons. The zero-order chi connectivity index (χ0) is 18.1. The molecule has 0 saturated heterocycles. The van der Waals surface area contributed by atoms with Gasteiger partial charge in [0.15, 0.2) is 0 Å². The first-order chi connectivity index (χ1) is 12.6. The fraction of sp³-hybridized carbons (Fsp3) is 0.381. The fourth-order valence-corrected chi connectivity index (χ4v) is 5.53. The maximum atomic E-state index is 12.7. The van der Waals surface area contributed by atoms with E-state index < -0.39 is 5.63 Å². The van der Waals surface area contributed by atoms with Crippen molar-refractivity contribution in [1.29, 1.82) is 0 Å². The highest BCUT2D eigenvalue weighted by Crippen LogP contribution is 2.51. The quantitative estimate of drug-likeness (QED) is 0.577. The average molecular weight is 387 g/mol. The van der Waals surface area contributed by atoms with Crippen LogP contribution >= 0.6 is 22.7 Å². The van der Waals surface area contributed by atoms with Gasteiger partial charge in [0.2, 0.25) is 0 Å². The van der Waals surface area contributed by atoms with E-state index in [9.17, 15) is 9.90 Å². The van der Waals surface area contributed by atoms with Gasteiger partial charge in [0.1, 0.15) is 11.5 Å². The number of hydrogen-bond acceptors (Lipinski definition) is 5. The van der Waals surface area contributed by atoms with Gasteiger partial charge in [-0.15, -0.1) is 22.7 Å². The van der Waals surface area contributed by atoms with Crippen molar-refractivity contribution in [2.45, 2.75) is 44.9 Å². The molecular weight excluding hydrogens is 364 g/mol. The molecule has 1 unspecified atom stereocenters. The van der Waals surface area contributed by atoms with Crippen LogP contribution in [-0.4, -0.2) is 5.11 Å². The van der Waals surface area contributed by atoms with Gasteiger partial charge in [-0.05, 0) is 54.0 Å². The molecule has 0 spiro atoms. The van der Waals surface area contributed by atoms with E-state index in [1.807, 2.05) is 24.4 Å². The Morgan fingerprint density at radius 2 is 1.96 bits per heavy atom. The monoisotopic (exact) mass is 386 g/mol. The Labute approximate surface area is 161 Å². The highest BCUT2D eigenvalue weighted by molar-refractivity contribution is 7.10. The van der Waals surface area contributed by atoms with Crippen molar-refractivity contribution in [3.05, 3.63) is 72.6 Å². The molecule has 1 fully saturated rings. The first-order valence-electron chi connectivity index (χ1n) is 9.02. The Kier molecular flexibility index (Phi) is 4.76. The van der Waals surface area contributed by atoms with E-state index in [1.165, 1.54) is 4.88 Å². The van der Waals surface area contributed by atoms with Crippen LogP contribution in [0.3, 0.4) is 0 Å². The average Bonchev–Trinajstić information content (AvgIpc) is 3.03. The third-order valence-corrected chi connectivity index (χ3v) is 7.16. The minimum atomic E-state index is -0.396. The summed E-state index contributed by atoms with van der Waals surface area (Å²) in [5.41, 5.74) is 0.182. The van der Waals surface area contributed by atoms with Crippen LogP contribution in [0.5, 0.6) is 5.75 Å².